The number of thioether (sulfide) groups is 1. The van der Waals surface area contributed by atoms with Crippen molar-refractivity contribution in [3.05, 3.63) is 12.3 Å². The van der Waals surface area contributed by atoms with E-state index < -0.39 is 102 Å². The summed E-state index contributed by atoms with van der Waals surface area (Å²) in [5.41, 5.74) is 11.0. The maximum atomic E-state index is 13.5. The number of unbranched alkanes of at least 4 members (excludes halogenated alkanes) is 1. The van der Waals surface area contributed by atoms with Crippen LogP contribution in [0.4, 0.5) is 0 Å². The minimum Gasteiger partial charge on any atom is -0.481 e. The van der Waals surface area contributed by atoms with Crippen LogP contribution in [0.3, 0.4) is 0 Å². The zero-order valence-electron chi connectivity index (χ0n) is 27.3. The maximum absolute atomic E-state index is 13.5. The summed E-state index contributed by atoms with van der Waals surface area (Å²) in [5.74, 6) is -8.37. The number of carbonyl (C=O) groups is 8. The molecule has 1 rings (SSSR count). The van der Waals surface area contributed by atoms with Crippen molar-refractivity contribution < 1.29 is 48.6 Å². The highest BCUT2D eigenvalue weighted by Gasteiger charge is 2.33. The Morgan fingerprint density at radius 3 is 2.21 bits per heavy atom. The molecule has 0 aliphatic carbocycles. The Morgan fingerprint density at radius 2 is 1.62 bits per heavy atom. The van der Waals surface area contributed by atoms with Gasteiger partial charge in [0.1, 0.15) is 30.2 Å². The molecule has 0 aromatic heterocycles. The molecule has 6 amide bonds. The second-order valence-electron chi connectivity index (χ2n) is 11.7. The van der Waals surface area contributed by atoms with Crippen molar-refractivity contribution in [2.45, 2.75) is 95.5 Å². The van der Waals surface area contributed by atoms with Crippen molar-refractivity contribution in [1.82, 2.24) is 31.9 Å². The van der Waals surface area contributed by atoms with Crippen LogP contribution in [0.25, 0.3) is 0 Å². The lowest BCUT2D eigenvalue weighted by Crippen LogP contribution is -2.59. The first-order chi connectivity index (χ1) is 22.5. The van der Waals surface area contributed by atoms with Crippen molar-refractivity contribution >= 4 is 59.1 Å². The number of carbonyl (C=O) groups excluding carboxylic acids is 6. The first-order valence-corrected chi connectivity index (χ1v) is 16.6. The number of aliphatic carboxylic acids is 2. The van der Waals surface area contributed by atoms with Crippen LogP contribution in [0.15, 0.2) is 12.3 Å². The zero-order chi connectivity index (χ0) is 36.6. The normalized spacial score (nSPS) is 22.8. The van der Waals surface area contributed by atoms with Crippen LogP contribution in [0.5, 0.6) is 0 Å². The first kappa shape index (κ1) is 41.8. The number of amides is 6. The lowest BCUT2D eigenvalue weighted by Gasteiger charge is -2.27. The van der Waals surface area contributed by atoms with E-state index in [9.17, 15) is 48.6 Å². The van der Waals surface area contributed by atoms with Gasteiger partial charge in [0.2, 0.25) is 29.5 Å². The Labute approximate surface area is 282 Å². The number of rotatable bonds is 14. The number of nitrogens with two attached hydrogens (primary N) is 2. The van der Waals surface area contributed by atoms with Crippen molar-refractivity contribution in [2.24, 2.45) is 17.4 Å². The van der Waals surface area contributed by atoms with Crippen molar-refractivity contribution in [3.63, 3.8) is 0 Å². The van der Waals surface area contributed by atoms with E-state index in [2.05, 4.69) is 38.5 Å². The molecule has 12 N–H and O–H groups in total. The van der Waals surface area contributed by atoms with E-state index in [1.807, 2.05) is 0 Å². The third-order valence-electron chi connectivity index (χ3n) is 7.03. The summed E-state index contributed by atoms with van der Waals surface area (Å²) < 4.78 is 0. The Bertz CT molecular complexity index is 1220. The van der Waals surface area contributed by atoms with Gasteiger partial charge in [0.15, 0.2) is 0 Å². The third kappa shape index (κ3) is 15.1. The van der Waals surface area contributed by atoms with Crippen molar-refractivity contribution in [2.75, 3.05) is 18.1 Å². The van der Waals surface area contributed by atoms with Crippen LogP contribution in [0.2, 0.25) is 0 Å². The third-order valence-corrected chi connectivity index (χ3v) is 8.17. The molecule has 1 heterocycles. The number of nitrogens with one attached hydrogen (secondary N) is 6. The summed E-state index contributed by atoms with van der Waals surface area (Å²) in [4.78, 5) is 102. The molecular weight excluding hydrogens is 652 g/mol. The Morgan fingerprint density at radius 1 is 0.958 bits per heavy atom. The minimum atomic E-state index is -1.49. The van der Waals surface area contributed by atoms with Gasteiger partial charge in [-0.1, -0.05) is 26.8 Å². The minimum absolute atomic E-state index is 0.0999. The molecule has 0 spiro atoms. The molecule has 19 heteroatoms. The topological polar surface area (TPSA) is 301 Å². The Hall–Kier alpha value is -4.23. The SMILES string of the molecule is C=C1NC(=O)C(CCC(=O)O)NC(=O)C(NC(=O)[C@@H](N)CCCCN)CSCC(C(=O)N[C@@H](C)C(=O)O)NC(=O)C(CC(C)C)NC1=O. The monoisotopic (exact) mass is 700 g/mol. The highest BCUT2D eigenvalue weighted by molar-refractivity contribution is 7.99. The number of carboxylic acids is 2. The smallest absolute Gasteiger partial charge is 0.325 e. The van der Waals surface area contributed by atoms with Crippen LogP contribution in [0.1, 0.15) is 59.3 Å². The van der Waals surface area contributed by atoms with Crippen LogP contribution in [0, 0.1) is 5.92 Å². The van der Waals surface area contributed by atoms with Gasteiger partial charge in [0.05, 0.1) is 11.7 Å². The summed E-state index contributed by atoms with van der Waals surface area (Å²) >= 11 is 0.934. The molecule has 4 unspecified atom stereocenters. The second-order valence-corrected chi connectivity index (χ2v) is 12.8. The molecule has 1 fully saturated rings. The van der Waals surface area contributed by atoms with E-state index in [-0.39, 0.29) is 30.3 Å². The first-order valence-electron chi connectivity index (χ1n) is 15.5. The van der Waals surface area contributed by atoms with Gasteiger partial charge in [-0.15, -0.1) is 0 Å². The van der Waals surface area contributed by atoms with Gasteiger partial charge in [-0.05, 0) is 45.1 Å². The molecule has 1 aliphatic heterocycles. The quantitative estimate of drug-likeness (QED) is 0.0651. The Kier molecular flexibility index (Phi) is 18.2. The van der Waals surface area contributed by atoms with Gasteiger partial charge < -0.3 is 53.6 Å². The predicted octanol–water partition coefficient (Wildman–Crippen LogP) is -2.74. The van der Waals surface area contributed by atoms with E-state index in [0.717, 1.165) is 11.8 Å². The summed E-state index contributed by atoms with van der Waals surface area (Å²) in [6, 6.07) is -7.76. The fraction of sp³-hybridized carbons (Fsp3) is 0.655. The second kappa shape index (κ2) is 20.9. The molecule has 0 aromatic rings. The largest absolute Gasteiger partial charge is 0.481 e. The zero-order valence-corrected chi connectivity index (χ0v) is 28.2. The Balaban J connectivity index is 3.52. The lowest BCUT2D eigenvalue weighted by molar-refractivity contribution is -0.141. The van der Waals surface area contributed by atoms with Gasteiger partial charge in [0, 0.05) is 17.9 Å². The van der Waals surface area contributed by atoms with E-state index in [4.69, 9.17) is 11.5 Å². The van der Waals surface area contributed by atoms with Crippen LogP contribution in [-0.4, -0.2) is 112 Å². The van der Waals surface area contributed by atoms with Crippen molar-refractivity contribution in [1.29, 1.82) is 0 Å². The van der Waals surface area contributed by atoms with Crippen LogP contribution < -0.4 is 43.4 Å². The molecule has 18 nitrogen and oxygen atoms in total. The number of carboxylic acid groups (broad SMARTS) is 2. The molecule has 0 radical (unpaired) electrons. The molecule has 0 aromatic carbocycles. The van der Waals surface area contributed by atoms with E-state index >= 15 is 0 Å². The van der Waals surface area contributed by atoms with Gasteiger partial charge in [0.25, 0.3) is 5.91 Å². The average molecular weight is 701 g/mol. The highest BCUT2D eigenvalue weighted by Crippen LogP contribution is 2.12. The maximum Gasteiger partial charge on any atom is 0.325 e. The van der Waals surface area contributed by atoms with Gasteiger partial charge in [-0.2, -0.15) is 11.8 Å². The molecule has 1 saturated heterocycles. The van der Waals surface area contributed by atoms with Crippen molar-refractivity contribution in [3.8, 4) is 0 Å². The highest BCUT2D eigenvalue weighted by atomic mass is 32.2. The predicted molar refractivity (Wildman–Crippen MR) is 175 cm³/mol. The average Bonchev–Trinajstić information content (AvgIpc) is 3.00. The fourth-order valence-electron chi connectivity index (χ4n) is 4.29. The van der Waals surface area contributed by atoms with E-state index in [0.29, 0.717) is 19.4 Å². The molecule has 6 atom stereocenters. The summed E-state index contributed by atoms with van der Waals surface area (Å²) in [6.45, 7) is 8.69. The van der Waals surface area contributed by atoms with E-state index in [1.54, 1.807) is 13.8 Å². The fourth-order valence-corrected chi connectivity index (χ4v) is 5.36. The van der Waals surface area contributed by atoms with Crippen LogP contribution in [-0.2, 0) is 38.4 Å². The molecular formula is C29H48N8O10S. The van der Waals surface area contributed by atoms with Gasteiger partial charge in [-0.3, -0.25) is 38.4 Å². The van der Waals surface area contributed by atoms with Gasteiger partial charge in [-0.25, -0.2) is 0 Å². The molecule has 48 heavy (non-hydrogen) atoms. The molecule has 0 saturated carbocycles. The van der Waals surface area contributed by atoms with Crippen LogP contribution >= 0.6 is 11.8 Å². The number of hydrogen-bond donors (Lipinski definition) is 10. The summed E-state index contributed by atoms with van der Waals surface area (Å²) in [6.07, 6.45) is 0.565. The molecule has 1 aliphatic rings. The molecule has 0 bridgehead atoms. The summed E-state index contributed by atoms with van der Waals surface area (Å²) in [5, 5.41) is 32.9. The van der Waals surface area contributed by atoms with E-state index in [1.165, 1.54) is 6.92 Å². The standard InChI is InChI=1S/C29H48N8O10S/c1-14(2)11-19-26(43)37-20(27(44)33-16(4)29(46)47)12-48-13-21(36-24(41)17(31)7-5-6-10-30)28(45)34-18(8-9-22(38)39)25(42)32-15(3)23(40)35-19/h14,16-21H,3,5-13,30-31H2,1-2,4H3,(H,32,42)(H,33,44)(H,34,45)(H,35,40)(H,36,41)(H,37,43)(H,38,39)(H,46,47)/t16-,17-,18?,19?,20?,21?/m0/s1. The lowest BCUT2D eigenvalue weighted by atomic mass is 10.0. The number of hydrogen-bond acceptors (Lipinski definition) is 11. The summed E-state index contributed by atoms with van der Waals surface area (Å²) in [7, 11) is 0. The molecule has 270 valence electrons. The van der Waals surface area contributed by atoms with Gasteiger partial charge >= 0.3 is 11.9 Å².